The molecule has 6 heteroatoms. The van der Waals surface area contributed by atoms with Gasteiger partial charge in [-0.15, -0.1) is 0 Å². The molecule has 114 valence electrons. The van der Waals surface area contributed by atoms with Crippen LogP contribution < -0.4 is 5.32 Å². The summed E-state index contributed by atoms with van der Waals surface area (Å²) in [6.45, 7) is 6.26. The van der Waals surface area contributed by atoms with Crippen molar-refractivity contribution in [1.29, 1.82) is 0 Å². The predicted molar refractivity (Wildman–Crippen MR) is 75.2 cm³/mol. The molecule has 2 unspecified atom stereocenters. The predicted octanol–water partition coefficient (Wildman–Crippen LogP) is -0.308. The Morgan fingerprint density at radius 3 is 2.55 bits per heavy atom. The van der Waals surface area contributed by atoms with Gasteiger partial charge >= 0.3 is 5.97 Å². The molecule has 0 bridgehead atoms. The van der Waals surface area contributed by atoms with Crippen molar-refractivity contribution in [2.75, 3.05) is 46.4 Å². The second-order valence-corrected chi connectivity index (χ2v) is 5.73. The molecular formula is C14H25N3O3. The molecule has 0 spiro atoms. The van der Waals surface area contributed by atoms with E-state index in [4.69, 9.17) is 0 Å². The van der Waals surface area contributed by atoms with Crippen LogP contribution in [0, 0.1) is 5.92 Å². The highest BCUT2D eigenvalue weighted by molar-refractivity contribution is 5.82. The number of ether oxygens (including phenoxy) is 1. The summed E-state index contributed by atoms with van der Waals surface area (Å²) in [5, 5.41) is 3.34. The maximum Gasteiger partial charge on any atom is 0.319 e. The summed E-state index contributed by atoms with van der Waals surface area (Å²) in [6.07, 6.45) is 2.27. The number of methoxy groups -OCH3 is 1. The van der Waals surface area contributed by atoms with Gasteiger partial charge in [0.15, 0.2) is 0 Å². The molecule has 0 aromatic heterocycles. The molecule has 2 fully saturated rings. The van der Waals surface area contributed by atoms with Crippen LogP contribution >= 0.6 is 0 Å². The molecule has 2 heterocycles. The van der Waals surface area contributed by atoms with Crippen LogP contribution in [0.2, 0.25) is 0 Å². The molecular weight excluding hydrogens is 258 g/mol. The standard InChI is InChI=1S/C14H25N3O3/c1-11-4-3-5-15-13(11)14(19)17-8-6-16(7-9-17)10-12(18)20-2/h11,13,15H,3-10H2,1-2H3. The van der Waals surface area contributed by atoms with Gasteiger partial charge in [0.05, 0.1) is 19.7 Å². The van der Waals surface area contributed by atoms with Gasteiger partial charge in [-0.3, -0.25) is 14.5 Å². The van der Waals surface area contributed by atoms with E-state index in [1.165, 1.54) is 7.11 Å². The van der Waals surface area contributed by atoms with Crippen molar-refractivity contribution in [2.24, 2.45) is 5.92 Å². The summed E-state index contributed by atoms with van der Waals surface area (Å²) in [4.78, 5) is 27.7. The lowest BCUT2D eigenvalue weighted by molar-refractivity contribution is -0.143. The number of carbonyl (C=O) groups excluding carboxylic acids is 2. The molecule has 0 aromatic carbocycles. The number of amides is 1. The van der Waals surface area contributed by atoms with Crippen LogP contribution in [0.3, 0.4) is 0 Å². The number of nitrogens with zero attached hydrogens (tertiary/aromatic N) is 2. The van der Waals surface area contributed by atoms with Crippen LogP contribution in [0.1, 0.15) is 19.8 Å². The summed E-state index contributed by atoms with van der Waals surface area (Å²) in [5.41, 5.74) is 0. The van der Waals surface area contributed by atoms with Gasteiger partial charge in [0.1, 0.15) is 0 Å². The number of hydrogen-bond donors (Lipinski definition) is 1. The van der Waals surface area contributed by atoms with Crippen molar-refractivity contribution in [3.8, 4) is 0 Å². The molecule has 2 aliphatic heterocycles. The van der Waals surface area contributed by atoms with E-state index in [0.717, 1.165) is 32.5 Å². The van der Waals surface area contributed by atoms with E-state index < -0.39 is 0 Å². The normalized spacial score (nSPS) is 28.2. The van der Waals surface area contributed by atoms with E-state index in [0.29, 0.717) is 25.6 Å². The first-order valence-corrected chi connectivity index (χ1v) is 7.43. The molecule has 2 atom stereocenters. The van der Waals surface area contributed by atoms with Gasteiger partial charge in [0.2, 0.25) is 5.91 Å². The Morgan fingerprint density at radius 2 is 1.95 bits per heavy atom. The lowest BCUT2D eigenvalue weighted by Gasteiger charge is -2.38. The number of piperidine rings is 1. The molecule has 1 amide bonds. The van der Waals surface area contributed by atoms with Crippen LogP contribution in [-0.2, 0) is 14.3 Å². The van der Waals surface area contributed by atoms with Crippen molar-refractivity contribution in [1.82, 2.24) is 15.1 Å². The molecule has 6 nitrogen and oxygen atoms in total. The fourth-order valence-electron chi connectivity index (χ4n) is 2.95. The topological polar surface area (TPSA) is 61.9 Å². The third kappa shape index (κ3) is 3.70. The maximum atomic E-state index is 12.5. The summed E-state index contributed by atoms with van der Waals surface area (Å²) < 4.78 is 4.67. The highest BCUT2D eigenvalue weighted by atomic mass is 16.5. The van der Waals surface area contributed by atoms with E-state index >= 15 is 0 Å². The molecule has 2 rings (SSSR count). The minimum absolute atomic E-state index is 0.0316. The Kier molecular flexibility index (Phi) is 5.37. The highest BCUT2D eigenvalue weighted by Gasteiger charge is 2.32. The van der Waals surface area contributed by atoms with E-state index in [9.17, 15) is 9.59 Å². The Labute approximate surface area is 120 Å². The SMILES string of the molecule is COC(=O)CN1CCN(C(=O)C2NCCCC2C)CC1. The van der Waals surface area contributed by atoms with Crippen molar-refractivity contribution in [3.63, 3.8) is 0 Å². The summed E-state index contributed by atoms with van der Waals surface area (Å²) in [6, 6.07) is -0.0316. The summed E-state index contributed by atoms with van der Waals surface area (Å²) in [7, 11) is 1.40. The van der Waals surface area contributed by atoms with Crippen molar-refractivity contribution >= 4 is 11.9 Å². The highest BCUT2D eigenvalue weighted by Crippen LogP contribution is 2.18. The zero-order valence-corrected chi connectivity index (χ0v) is 12.4. The number of esters is 1. The van der Waals surface area contributed by atoms with E-state index in [1.807, 2.05) is 9.80 Å². The van der Waals surface area contributed by atoms with Crippen LogP contribution in [-0.4, -0.2) is 74.1 Å². The van der Waals surface area contributed by atoms with Gasteiger partial charge in [-0.2, -0.15) is 0 Å². The zero-order chi connectivity index (χ0) is 14.5. The lowest BCUT2D eigenvalue weighted by atomic mass is 9.91. The largest absolute Gasteiger partial charge is 0.468 e. The van der Waals surface area contributed by atoms with Gasteiger partial charge in [-0.05, 0) is 25.3 Å². The number of hydrogen-bond acceptors (Lipinski definition) is 5. The van der Waals surface area contributed by atoms with Crippen molar-refractivity contribution < 1.29 is 14.3 Å². The van der Waals surface area contributed by atoms with Gasteiger partial charge in [0, 0.05) is 26.2 Å². The Bertz CT molecular complexity index is 354. The van der Waals surface area contributed by atoms with Gasteiger partial charge in [0.25, 0.3) is 0 Å². The maximum absolute atomic E-state index is 12.5. The van der Waals surface area contributed by atoms with E-state index in [1.54, 1.807) is 0 Å². The number of piperazine rings is 1. The lowest BCUT2D eigenvalue weighted by Crippen LogP contribution is -2.57. The average molecular weight is 283 g/mol. The van der Waals surface area contributed by atoms with Crippen LogP contribution in [0.4, 0.5) is 0 Å². The monoisotopic (exact) mass is 283 g/mol. The molecule has 0 aliphatic carbocycles. The van der Waals surface area contributed by atoms with Gasteiger partial charge in [-0.1, -0.05) is 6.92 Å². The third-order valence-electron chi connectivity index (χ3n) is 4.30. The molecule has 2 saturated heterocycles. The average Bonchev–Trinajstić information content (AvgIpc) is 2.47. The fraction of sp³-hybridized carbons (Fsp3) is 0.857. The molecule has 1 N–H and O–H groups in total. The van der Waals surface area contributed by atoms with Crippen molar-refractivity contribution in [3.05, 3.63) is 0 Å². The summed E-state index contributed by atoms with van der Waals surface area (Å²) in [5.74, 6) is 0.409. The van der Waals surface area contributed by atoms with Gasteiger partial charge in [-0.25, -0.2) is 0 Å². The van der Waals surface area contributed by atoms with Crippen LogP contribution in [0.25, 0.3) is 0 Å². The molecule has 0 saturated carbocycles. The molecule has 20 heavy (non-hydrogen) atoms. The number of nitrogens with one attached hydrogen (secondary N) is 1. The first-order chi connectivity index (χ1) is 9.61. The zero-order valence-electron chi connectivity index (χ0n) is 12.4. The minimum Gasteiger partial charge on any atom is -0.468 e. The summed E-state index contributed by atoms with van der Waals surface area (Å²) >= 11 is 0. The first kappa shape index (κ1) is 15.3. The Morgan fingerprint density at radius 1 is 1.25 bits per heavy atom. The second-order valence-electron chi connectivity index (χ2n) is 5.73. The molecule has 0 radical (unpaired) electrons. The molecule has 2 aliphatic rings. The quantitative estimate of drug-likeness (QED) is 0.720. The van der Waals surface area contributed by atoms with E-state index in [2.05, 4.69) is 17.0 Å². The third-order valence-corrected chi connectivity index (χ3v) is 4.30. The van der Waals surface area contributed by atoms with Crippen LogP contribution in [0.15, 0.2) is 0 Å². The number of rotatable bonds is 3. The molecule has 0 aromatic rings. The smallest absolute Gasteiger partial charge is 0.319 e. The second kappa shape index (κ2) is 7.04. The Hall–Kier alpha value is -1.14. The van der Waals surface area contributed by atoms with Crippen LogP contribution in [0.5, 0.6) is 0 Å². The van der Waals surface area contributed by atoms with E-state index in [-0.39, 0.29) is 17.9 Å². The number of carbonyl (C=O) groups is 2. The van der Waals surface area contributed by atoms with Gasteiger partial charge < -0.3 is 15.0 Å². The first-order valence-electron chi connectivity index (χ1n) is 7.43. The van der Waals surface area contributed by atoms with Crippen molar-refractivity contribution in [2.45, 2.75) is 25.8 Å². The fourth-order valence-corrected chi connectivity index (χ4v) is 2.95. The minimum atomic E-state index is -0.215. The Balaban J connectivity index is 1.80.